The summed E-state index contributed by atoms with van der Waals surface area (Å²) >= 11 is 0. The maximum atomic E-state index is 9.07. The van der Waals surface area contributed by atoms with Crippen LogP contribution in [0.3, 0.4) is 0 Å². The molecule has 1 aromatic carbocycles. The Balaban J connectivity index is 3.09. The SMILES string of the molecule is CCOc1ccc(B(O)O)cc1C(C)C. The van der Waals surface area contributed by atoms with Crippen molar-refractivity contribution in [1.82, 2.24) is 0 Å². The Hall–Kier alpha value is -0.995. The molecule has 0 bridgehead atoms. The minimum absolute atomic E-state index is 0.297. The summed E-state index contributed by atoms with van der Waals surface area (Å²) in [5.41, 5.74) is 1.50. The maximum absolute atomic E-state index is 9.07. The molecule has 0 aliphatic rings. The van der Waals surface area contributed by atoms with E-state index < -0.39 is 7.12 Å². The number of hydrogen-bond acceptors (Lipinski definition) is 3. The average molecular weight is 208 g/mol. The Labute approximate surface area is 90.9 Å². The molecule has 15 heavy (non-hydrogen) atoms. The van der Waals surface area contributed by atoms with Crippen LogP contribution in [-0.4, -0.2) is 23.8 Å². The van der Waals surface area contributed by atoms with Gasteiger partial charge >= 0.3 is 7.12 Å². The summed E-state index contributed by atoms with van der Waals surface area (Å²) in [5, 5.41) is 18.1. The predicted molar refractivity (Wildman–Crippen MR) is 61.5 cm³/mol. The first-order chi connectivity index (χ1) is 7.06. The summed E-state index contributed by atoms with van der Waals surface area (Å²) < 4.78 is 5.47. The highest BCUT2D eigenvalue weighted by Crippen LogP contribution is 2.25. The lowest BCUT2D eigenvalue weighted by atomic mass is 9.78. The van der Waals surface area contributed by atoms with Gasteiger partial charge in [0.15, 0.2) is 0 Å². The van der Waals surface area contributed by atoms with Gasteiger partial charge in [-0.25, -0.2) is 0 Å². The number of ether oxygens (including phenoxy) is 1. The molecule has 0 aliphatic carbocycles. The zero-order valence-electron chi connectivity index (χ0n) is 9.40. The van der Waals surface area contributed by atoms with Crippen molar-refractivity contribution in [1.29, 1.82) is 0 Å². The second-order valence-corrected chi connectivity index (χ2v) is 3.76. The monoisotopic (exact) mass is 208 g/mol. The molecule has 0 unspecified atom stereocenters. The van der Waals surface area contributed by atoms with E-state index in [-0.39, 0.29) is 0 Å². The van der Waals surface area contributed by atoms with Crippen molar-refractivity contribution in [3.63, 3.8) is 0 Å². The lowest BCUT2D eigenvalue weighted by Crippen LogP contribution is -2.30. The Bertz CT molecular complexity index is 324. The van der Waals surface area contributed by atoms with Gasteiger partial charge in [0.2, 0.25) is 0 Å². The van der Waals surface area contributed by atoms with Gasteiger partial charge in [0.25, 0.3) is 0 Å². The summed E-state index contributed by atoms with van der Waals surface area (Å²) in [5.74, 6) is 1.11. The van der Waals surface area contributed by atoms with E-state index in [1.54, 1.807) is 18.2 Å². The maximum Gasteiger partial charge on any atom is 0.488 e. The smallest absolute Gasteiger partial charge is 0.488 e. The molecular weight excluding hydrogens is 191 g/mol. The Morgan fingerprint density at radius 3 is 2.47 bits per heavy atom. The Kier molecular flexibility index (Phi) is 4.18. The third-order valence-electron chi connectivity index (χ3n) is 2.25. The largest absolute Gasteiger partial charge is 0.494 e. The van der Waals surface area contributed by atoms with Gasteiger partial charge in [-0.05, 0) is 29.9 Å². The third-order valence-corrected chi connectivity index (χ3v) is 2.25. The highest BCUT2D eigenvalue weighted by atomic mass is 16.5. The summed E-state index contributed by atoms with van der Waals surface area (Å²) in [6, 6.07) is 5.23. The molecule has 1 aromatic rings. The van der Waals surface area contributed by atoms with Crippen molar-refractivity contribution >= 4 is 12.6 Å². The van der Waals surface area contributed by atoms with Crippen molar-refractivity contribution in [2.24, 2.45) is 0 Å². The van der Waals surface area contributed by atoms with Crippen molar-refractivity contribution in [2.45, 2.75) is 26.7 Å². The van der Waals surface area contributed by atoms with E-state index in [0.717, 1.165) is 11.3 Å². The van der Waals surface area contributed by atoms with Gasteiger partial charge in [-0.15, -0.1) is 0 Å². The quantitative estimate of drug-likeness (QED) is 0.722. The first-order valence-corrected chi connectivity index (χ1v) is 5.19. The first kappa shape index (κ1) is 12.1. The summed E-state index contributed by atoms with van der Waals surface area (Å²) in [6.45, 7) is 6.64. The van der Waals surface area contributed by atoms with Crippen LogP contribution in [-0.2, 0) is 0 Å². The van der Waals surface area contributed by atoms with Crippen molar-refractivity contribution in [3.8, 4) is 5.75 Å². The van der Waals surface area contributed by atoms with Crippen LogP contribution in [0.2, 0.25) is 0 Å². The van der Waals surface area contributed by atoms with Crippen LogP contribution in [0.15, 0.2) is 18.2 Å². The zero-order chi connectivity index (χ0) is 11.4. The second kappa shape index (κ2) is 5.19. The molecule has 0 aliphatic heterocycles. The minimum atomic E-state index is -1.42. The number of rotatable bonds is 4. The van der Waals surface area contributed by atoms with Gasteiger partial charge in [-0.3, -0.25) is 0 Å². The highest BCUT2D eigenvalue weighted by Gasteiger charge is 2.15. The first-order valence-electron chi connectivity index (χ1n) is 5.19. The van der Waals surface area contributed by atoms with Crippen molar-refractivity contribution < 1.29 is 14.8 Å². The molecule has 0 atom stereocenters. The topological polar surface area (TPSA) is 49.7 Å². The molecular formula is C11H17BO3. The number of benzene rings is 1. The fraction of sp³-hybridized carbons (Fsp3) is 0.455. The van der Waals surface area contributed by atoms with E-state index in [1.807, 2.05) is 20.8 Å². The summed E-state index contributed by atoms with van der Waals surface area (Å²) in [7, 11) is -1.42. The molecule has 0 spiro atoms. The minimum Gasteiger partial charge on any atom is -0.494 e. The normalized spacial score (nSPS) is 10.5. The lowest BCUT2D eigenvalue weighted by Gasteiger charge is -2.14. The van der Waals surface area contributed by atoms with Crippen LogP contribution < -0.4 is 10.2 Å². The molecule has 0 amide bonds. The molecule has 0 saturated heterocycles. The molecule has 4 heteroatoms. The fourth-order valence-corrected chi connectivity index (χ4v) is 1.47. The molecule has 0 heterocycles. The standard InChI is InChI=1S/C11H17BO3/c1-4-15-11-6-5-9(12(13)14)7-10(11)8(2)3/h5-8,13-14H,4H2,1-3H3. The molecule has 0 radical (unpaired) electrons. The summed E-state index contributed by atoms with van der Waals surface area (Å²) in [6.07, 6.45) is 0. The van der Waals surface area contributed by atoms with Crippen molar-refractivity contribution in [2.75, 3.05) is 6.61 Å². The average Bonchev–Trinajstić information content (AvgIpc) is 2.18. The van der Waals surface area contributed by atoms with E-state index >= 15 is 0 Å². The van der Waals surface area contributed by atoms with E-state index in [0.29, 0.717) is 18.0 Å². The predicted octanol–water partition coefficient (Wildman–Crippen LogP) is 0.888. The highest BCUT2D eigenvalue weighted by molar-refractivity contribution is 6.58. The van der Waals surface area contributed by atoms with Crippen molar-refractivity contribution in [3.05, 3.63) is 23.8 Å². The Morgan fingerprint density at radius 2 is 2.00 bits per heavy atom. The molecule has 3 nitrogen and oxygen atoms in total. The molecule has 0 fully saturated rings. The van der Waals surface area contributed by atoms with Crippen LogP contribution >= 0.6 is 0 Å². The second-order valence-electron chi connectivity index (χ2n) is 3.76. The van der Waals surface area contributed by atoms with Crippen LogP contribution in [0.5, 0.6) is 5.75 Å². The van der Waals surface area contributed by atoms with E-state index in [9.17, 15) is 0 Å². The van der Waals surface area contributed by atoms with E-state index in [1.165, 1.54) is 0 Å². The van der Waals surface area contributed by atoms with Gasteiger partial charge in [-0.2, -0.15) is 0 Å². The third kappa shape index (κ3) is 2.98. The molecule has 0 saturated carbocycles. The van der Waals surface area contributed by atoms with Gasteiger partial charge in [-0.1, -0.05) is 26.0 Å². The Morgan fingerprint density at radius 1 is 1.33 bits per heavy atom. The van der Waals surface area contributed by atoms with E-state index in [4.69, 9.17) is 14.8 Å². The molecule has 82 valence electrons. The van der Waals surface area contributed by atoms with Gasteiger partial charge in [0.05, 0.1) is 6.61 Å². The van der Waals surface area contributed by atoms with E-state index in [2.05, 4.69) is 0 Å². The van der Waals surface area contributed by atoms with Gasteiger partial charge in [0.1, 0.15) is 5.75 Å². The van der Waals surface area contributed by atoms with Crippen LogP contribution in [0, 0.1) is 0 Å². The van der Waals surface area contributed by atoms with Crippen LogP contribution in [0.4, 0.5) is 0 Å². The van der Waals surface area contributed by atoms with Crippen LogP contribution in [0.25, 0.3) is 0 Å². The molecule has 2 N–H and O–H groups in total. The lowest BCUT2D eigenvalue weighted by molar-refractivity contribution is 0.335. The van der Waals surface area contributed by atoms with Gasteiger partial charge < -0.3 is 14.8 Å². The summed E-state index contributed by atoms with van der Waals surface area (Å²) in [4.78, 5) is 0. The van der Waals surface area contributed by atoms with Crippen LogP contribution in [0.1, 0.15) is 32.3 Å². The zero-order valence-corrected chi connectivity index (χ0v) is 9.40. The van der Waals surface area contributed by atoms with Gasteiger partial charge in [0, 0.05) is 0 Å². The molecule has 1 rings (SSSR count). The molecule has 0 aromatic heterocycles. The fourth-order valence-electron chi connectivity index (χ4n) is 1.47. The number of hydrogen-bond donors (Lipinski definition) is 2.